The van der Waals surface area contributed by atoms with E-state index in [0.717, 1.165) is 49.0 Å². The average Bonchev–Trinajstić information content (AvgIpc) is 2.51. The number of benzene rings is 1. The van der Waals surface area contributed by atoms with Crippen LogP contribution in [-0.4, -0.2) is 41.1 Å². The van der Waals surface area contributed by atoms with Gasteiger partial charge in [-0.25, -0.2) is 0 Å². The fourth-order valence-corrected chi connectivity index (χ4v) is 3.30. The SMILES string of the molecule is CCC(O)C1CCCCN1CC(=O)Nc1c(C)cccc1C. The van der Waals surface area contributed by atoms with Crippen molar-refractivity contribution in [3.05, 3.63) is 29.3 Å². The van der Waals surface area contributed by atoms with E-state index in [9.17, 15) is 9.90 Å². The molecule has 2 rings (SSSR count). The summed E-state index contributed by atoms with van der Waals surface area (Å²) >= 11 is 0. The van der Waals surface area contributed by atoms with Crippen molar-refractivity contribution in [3.63, 3.8) is 0 Å². The molecule has 2 unspecified atom stereocenters. The summed E-state index contributed by atoms with van der Waals surface area (Å²) in [5.74, 6) is 0.00704. The summed E-state index contributed by atoms with van der Waals surface area (Å²) < 4.78 is 0. The van der Waals surface area contributed by atoms with Gasteiger partial charge in [-0.05, 0) is 50.8 Å². The third-order valence-electron chi connectivity index (χ3n) is 4.62. The molecule has 0 saturated carbocycles. The van der Waals surface area contributed by atoms with E-state index in [1.54, 1.807) is 0 Å². The van der Waals surface area contributed by atoms with Crippen LogP contribution in [0, 0.1) is 13.8 Å². The zero-order valence-electron chi connectivity index (χ0n) is 13.9. The second-order valence-electron chi connectivity index (χ2n) is 6.32. The van der Waals surface area contributed by atoms with E-state index in [1.807, 2.05) is 39.0 Å². The molecule has 122 valence electrons. The van der Waals surface area contributed by atoms with Crippen LogP contribution in [0.1, 0.15) is 43.7 Å². The van der Waals surface area contributed by atoms with Crippen LogP contribution in [0.2, 0.25) is 0 Å². The number of anilines is 1. The Kier molecular flexibility index (Phi) is 5.98. The van der Waals surface area contributed by atoms with Gasteiger partial charge in [-0.15, -0.1) is 0 Å². The van der Waals surface area contributed by atoms with E-state index in [1.165, 1.54) is 0 Å². The molecule has 0 aliphatic carbocycles. The number of aliphatic hydroxyl groups excluding tert-OH is 1. The molecule has 1 heterocycles. The number of hydrogen-bond acceptors (Lipinski definition) is 3. The van der Waals surface area contributed by atoms with Crippen molar-refractivity contribution in [2.24, 2.45) is 0 Å². The van der Waals surface area contributed by atoms with Crippen LogP contribution in [0.15, 0.2) is 18.2 Å². The molecule has 0 radical (unpaired) electrons. The summed E-state index contributed by atoms with van der Waals surface area (Å²) in [6.07, 6.45) is 3.61. The number of hydrogen-bond donors (Lipinski definition) is 2. The van der Waals surface area contributed by atoms with E-state index < -0.39 is 0 Å². The summed E-state index contributed by atoms with van der Waals surface area (Å²) in [6.45, 7) is 7.26. The number of nitrogens with zero attached hydrogens (tertiary/aromatic N) is 1. The molecule has 4 nitrogen and oxygen atoms in total. The van der Waals surface area contributed by atoms with Crippen molar-refractivity contribution < 1.29 is 9.90 Å². The van der Waals surface area contributed by atoms with E-state index >= 15 is 0 Å². The molecule has 0 aromatic heterocycles. The van der Waals surface area contributed by atoms with E-state index in [2.05, 4.69) is 10.2 Å². The van der Waals surface area contributed by atoms with Gasteiger partial charge in [-0.3, -0.25) is 9.69 Å². The first-order valence-electron chi connectivity index (χ1n) is 8.31. The van der Waals surface area contributed by atoms with Crippen molar-refractivity contribution in [2.45, 2.75) is 58.6 Å². The Morgan fingerprint density at radius 1 is 1.36 bits per heavy atom. The van der Waals surface area contributed by atoms with Crippen molar-refractivity contribution in [1.82, 2.24) is 4.90 Å². The lowest BCUT2D eigenvalue weighted by molar-refractivity contribution is -0.119. The minimum absolute atomic E-state index is 0.00704. The highest BCUT2D eigenvalue weighted by Gasteiger charge is 2.29. The third-order valence-corrected chi connectivity index (χ3v) is 4.62. The lowest BCUT2D eigenvalue weighted by Gasteiger charge is -2.37. The monoisotopic (exact) mass is 304 g/mol. The number of rotatable bonds is 5. The van der Waals surface area contributed by atoms with Crippen LogP contribution in [0.4, 0.5) is 5.69 Å². The summed E-state index contributed by atoms with van der Waals surface area (Å²) in [5, 5.41) is 13.2. The number of amides is 1. The number of para-hydroxylation sites is 1. The molecule has 0 bridgehead atoms. The predicted molar refractivity (Wildman–Crippen MR) is 90.1 cm³/mol. The summed E-state index contributed by atoms with van der Waals surface area (Å²) in [6, 6.07) is 6.13. The number of aliphatic hydroxyl groups is 1. The maximum Gasteiger partial charge on any atom is 0.238 e. The Bertz CT molecular complexity index is 496. The minimum Gasteiger partial charge on any atom is -0.392 e. The van der Waals surface area contributed by atoms with Crippen LogP contribution in [-0.2, 0) is 4.79 Å². The molecule has 4 heteroatoms. The zero-order chi connectivity index (χ0) is 16.1. The molecule has 22 heavy (non-hydrogen) atoms. The smallest absolute Gasteiger partial charge is 0.238 e. The molecule has 1 aromatic rings. The van der Waals surface area contributed by atoms with Crippen molar-refractivity contribution in [2.75, 3.05) is 18.4 Å². The molecule has 1 aromatic carbocycles. The topological polar surface area (TPSA) is 52.6 Å². The van der Waals surface area contributed by atoms with Crippen molar-refractivity contribution >= 4 is 11.6 Å². The van der Waals surface area contributed by atoms with Gasteiger partial charge in [-0.2, -0.15) is 0 Å². The molecule has 1 amide bonds. The second kappa shape index (κ2) is 7.75. The highest BCUT2D eigenvalue weighted by Crippen LogP contribution is 2.22. The first-order valence-corrected chi connectivity index (χ1v) is 8.31. The number of carbonyl (C=O) groups is 1. The molecule has 0 spiro atoms. The normalized spacial score (nSPS) is 20.6. The number of piperidine rings is 1. The largest absolute Gasteiger partial charge is 0.392 e. The van der Waals surface area contributed by atoms with Gasteiger partial charge in [0.2, 0.25) is 5.91 Å². The summed E-state index contributed by atoms with van der Waals surface area (Å²) in [4.78, 5) is 14.5. The van der Waals surface area contributed by atoms with Gasteiger partial charge < -0.3 is 10.4 Å². The van der Waals surface area contributed by atoms with Crippen molar-refractivity contribution in [3.8, 4) is 0 Å². The summed E-state index contributed by atoms with van der Waals surface area (Å²) in [7, 11) is 0. The van der Waals surface area contributed by atoms with Gasteiger partial charge in [0, 0.05) is 11.7 Å². The van der Waals surface area contributed by atoms with Crippen LogP contribution in [0.5, 0.6) is 0 Å². The molecule has 1 aliphatic rings. The van der Waals surface area contributed by atoms with Crippen LogP contribution < -0.4 is 5.32 Å². The fourth-order valence-electron chi connectivity index (χ4n) is 3.30. The molecule has 1 fully saturated rings. The standard InChI is InChI=1S/C18H28N2O2/c1-4-16(21)15-10-5-6-11-20(15)12-17(22)19-18-13(2)8-7-9-14(18)3/h7-9,15-16,21H,4-6,10-12H2,1-3H3,(H,19,22). The molecular formula is C18H28N2O2. The Balaban J connectivity index is 2.01. The van der Waals surface area contributed by atoms with Crippen LogP contribution in [0.3, 0.4) is 0 Å². The fraction of sp³-hybridized carbons (Fsp3) is 0.611. The maximum atomic E-state index is 12.4. The Labute approximate surface area is 133 Å². The number of aryl methyl sites for hydroxylation is 2. The van der Waals surface area contributed by atoms with Gasteiger partial charge in [-0.1, -0.05) is 31.5 Å². The highest BCUT2D eigenvalue weighted by molar-refractivity contribution is 5.93. The quantitative estimate of drug-likeness (QED) is 0.879. The van der Waals surface area contributed by atoms with Crippen LogP contribution in [0.25, 0.3) is 0 Å². The molecule has 1 aliphatic heterocycles. The third kappa shape index (κ3) is 4.08. The molecule has 1 saturated heterocycles. The van der Waals surface area contributed by atoms with Crippen molar-refractivity contribution in [1.29, 1.82) is 0 Å². The Morgan fingerprint density at radius 2 is 2.05 bits per heavy atom. The molecular weight excluding hydrogens is 276 g/mol. The number of nitrogens with one attached hydrogen (secondary N) is 1. The first kappa shape index (κ1) is 17.0. The van der Waals surface area contributed by atoms with Gasteiger partial charge >= 0.3 is 0 Å². The van der Waals surface area contributed by atoms with E-state index in [0.29, 0.717) is 6.54 Å². The predicted octanol–water partition coefficient (Wildman–Crippen LogP) is 2.87. The lowest BCUT2D eigenvalue weighted by Crippen LogP contribution is -2.49. The first-order chi connectivity index (χ1) is 10.5. The lowest BCUT2D eigenvalue weighted by atomic mass is 9.96. The number of carbonyl (C=O) groups excluding carboxylic acids is 1. The average molecular weight is 304 g/mol. The summed E-state index contributed by atoms with van der Waals surface area (Å²) in [5.41, 5.74) is 3.08. The number of likely N-dealkylation sites (tertiary alicyclic amines) is 1. The zero-order valence-corrected chi connectivity index (χ0v) is 13.9. The van der Waals surface area contributed by atoms with Gasteiger partial charge in [0.15, 0.2) is 0 Å². The molecule has 2 N–H and O–H groups in total. The van der Waals surface area contributed by atoms with Gasteiger partial charge in [0.05, 0.1) is 12.6 Å². The van der Waals surface area contributed by atoms with Gasteiger partial charge in [0.1, 0.15) is 0 Å². The van der Waals surface area contributed by atoms with E-state index in [4.69, 9.17) is 0 Å². The highest BCUT2D eigenvalue weighted by atomic mass is 16.3. The maximum absolute atomic E-state index is 12.4. The minimum atomic E-state index is -0.340. The van der Waals surface area contributed by atoms with E-state index in [-0.39, 0.29) is 18.1 Å². The Morgan fingerprint density at radius 3 is 2.68 bits per heavy atom. The Hall–Kier alpha value is -1.39. The molecule has 2 atom stereocenters. The van der Waals surface area contributed by atoms with Crippen LogP contribution >= 0.6 is 0 Å². The second-order valence-corrected chi connectivity index (χ2v) is 6.32. The van der Waals surface area contributed by atoms with Gasteiger partial charge in [0.25, 0.3) is 0 Å².